The number of likely N-dealkylation sites (tertiary alicyclic amines) is 1. The molecule has 0 saturated carbocycles. The van der Waals surface area contributed by atoms with Crippen LogP contribution in [-0.2, 0) is 0 Å². The molecule has 8 nitrogen and oxygen atoms in total. The van der Waals surface area contributed by atoms with Gasteiger partial charge in [-0.1, -0.05) is 17.7 Å². The van der Waals surface area contributed by atoms with Crippen molar-refractivity contribution in [3.05, 3.63) is 90.0 Å². The summed E-state index contributed by atoms with van der Waals surface area (Å²) in [4.78, 5) is 37.4. The molecule has 0 unspecified atom stereocenters. The van der Waals surface area contributed by atoms with Gasteiger partial charge in [-0.3, -0.25) is 9.78 Å². The fraction of sp³-hybridized carbons (Fsp3) is 0.259. The monoisotopic (exact) mass is 466 g/mol. The average Bonchev–Trinajstić information content (AvgIpc) is 2.90. The molecule has 0 spiro atoms. The SMILES string of the molecule is Cc1ccc(Oc2cc(C)nc([C@@H]3CCCCN3C(=O)c3ccnc(-c4cncnc4)c3)n2)cc1. The van der Waals surface area contributed by atoms with E-state index >= 15 is 0 Å². The van der Waals surface area contributed by atoms with Crippen molar-refractivity contribution in [3.8, 4) is 22.9 Å². The molecule has 1 aliphatic rings. The van der Waals surface area contributed by atoms with Gasteiger partial charge >= 0.3 is 0 Å². The Kier molecular flexibility index (Phi) is 6.43. The number of hydrogen-bond acceptors (Lipinski definition) is 7. The molecule has 1 aromatic carbocycles. The van der Waals surface area contributed by atoms with E-state index in [9.17, 15) is 4.79 Å². The van der Waals surface area contributed by atoms with Gasteiger partial charge in [0.2, 0.25) is 5.88 Å². The van der Waals surface area contributed by atoms with Crippen LogP contribution in [0.2, 0.25) is 0 Å². The van der Waals surface area contributed by atoms with Gasteiger partial charge in [-0.25, -0.2) is 15.0 Å². The largest absolute Gasteiger partial charge is 0.439 e. The van der Waals surface area contributed by atoms with Crippen LogP contribution in [0.5, 0.6) is 11.6 Å². The highest BCUT2D eigenvalue weighted by molar-refractivity contribution is 5.95. The zero-order valence-corrected chi connectivity index (χ0v) is 19.8. The molecule has 4 aromatic rings. The highest BCUT2D eigenvalue weighted by Crippen LogP contribution is 2.32. The summed E-state index contributed by atoms with van der Waals surface area (Å²) in [6, 6.07) is 12.9. The number of benzene rings is 1. The first-order chi connectivity index (χ1) is 17.1. The van der Waals surface area contributed by atoms with E-state index in [0.717, 1.165) is 36.1 Å². The molecule has 35 heavy (non-hydrogen) atoms. The van der Waals surface area contributed by atoms with Crippen molar-refractivity contribution in [1.82, 2.24) is 29.8 Å². The molecule has 4 heterocycles. The second-order valence-corrected chi connectivity index (χ2v) is 8.69. The summed E-state index contributed by atoms with van der Waals surface area (Å²) >= 11 is 0. The van der Waals surface area contributed by atoms with Crippen molar-refractivity contribution in [2.45, 2.75) is 39.2 Å². The van der Waals surface area contributed by atoms with Crippen molar-refractivity contribution in [3.63, 3.8) is 0 Å². The molecular formula is C27H26N6O2. The maximum atomic E-state index is 13.6. The quantitative estimate of drug-likeness (QED) is 0.404. The standard InChI is InChI=1S/C27H26N6O2/c1-18-6-8-22(9-7-18)35-25-13-19(2)31-26(32-25)24-5-3-4-12-33(24)27(34)20-10-11-30-23(14-20)21-15-28-17-29-16-21/h6-11,13-17,24H,3-5,12H2,1-2H3/t24-/m0/s1. The van der Waals surface area contributed by atoms with Crippen molar-refractivity contribution in [2.75, 3.05) is 6.54 Å². The molecule has 1 aliphatic heterocycles. The first-order valence-electron chi connectivity index (χ1n) is 11.7. The zero-order chi connectivity index (χ0) is 24.2. The Hall–Kier alpha value is -4.20. The van der Waals surface area contributed by atoms with E-state index in [1.807, 2.05) is 49.1 Å². The lowest BCUT2D eigenvalue weighted by Crippen LogP contribution is -2.39. The van der Waals surface area contributed by atoms with Crippen LogP contribution in [0.4, 0.5) is 0 Å². The number of aromatic nitrogens is 5. The summed E-state index contributed by atoms with van der Waals surface area (Å²) in [5.74, 6) is 1.72. The summed E-state index contributed by atoms with van der Waals surface area (Å²) in [5, 5.41) is 0. The Morgan fingerprint density at radius 3 is 2.60 bits per heavy atom. The van der Waals surface area contributed by atoms with Gasteiger partial charge in [0.05, 0.1) is 11.7 Å². The first-order valence-corrected chi connectivity index (χ1v) is 11.7. The van der Waals surface area contributed by atoms with E-state index in [2.05, 4.69) is 15.0 Å². The van der Waals surface area contributed by atoms with E-state index in [0.29, 0.717) is 35.3 Å². The molecule has 3 aromatic heterocycles. The smallest absolute Gasteiger partial charge is 0.254 e. The minimum atomic E-state index is -0.229. The summed E-state index contributed by atoms with van der Waals surface area (Å²) < 4.78 is 6.02. The second-order valence-electron chi connectivity index (χ2n) is 8.69. The van der Waals surface area contributed by atoms with E-state index in [1.165, 1.54) is 6.33 Å². The third-order valence-electron chi connectivity index (χ3n) is 6.02. The van der Waals surface area contributed by atoms with Gasteiger partial charge in [0.25, 0.3) is 5.91 Å². The molecule has 176 valence electrons. The van der Waals surface area contributed by atoms with Gasteiger partial charge in [0, 0.05) is 48.0 Å². The molecule has 0 bridgehead atoms. The topological polar surface area (TPSA) is 94.0 Å². The Morgan fingerprint density at radius 2 is 1.80 bits per heavy atom. The number of pyridine rings is 1. The molecule has 1 saturated heterocycles. The Morgan fingerprint density at radius 1 is 1.00 bits per heavy atom. The van der Waals surface area contributed by atoms with Gasteiger partial charge in [0.1, 0.15) is 12.1 Å². The number of piperidine rings is 1. The highest BCUT2D eigenvalue weighted by Gasteiger charge is 2.31. The van der Waals surface area contributed by atoms with Gasteiger partial charge in [-0.2, -0.15) is 4.98 Å². The van der Waals surface area contributed by atoms with Crippen LogP contribution in [-0.4, -0.2) is 42.3 Å². The lowest BCUT2D eigenvalue weighted by Gasteiger charge is -2.35. The average molecular weight is 467 g/mol. The molecule has 1 fully saturated rings. The van der Waals surface area contributed by atoms with Gasteiger partial charge < -0.3 is 9.64 Å². The van der Waals surface area contributed by atoms with Crippen LogP contribution < -0.4 is 4.74 Å². The van der Waals surface area contributed by atoms with Gasteiger partial charge in [-0.15, -0.1) is 0 Å². The summed E-state index contributed by atoms with van der Waals surface area (Å²) in [6.07, 6.45) is 9.21. The highest BCUT2D eigenvalue weighted by atomic mass is 16.5. The number of rotatable bonds is 5. The summed E-state index contributed by atoms with van der Waals surface area (Å²) in [7, 11) is 0. The molecule has 8 heteroatoms. The van der Waals surface area contributed by atoms with Crippen molar-refractivity contribution < 1.29 is 9.53 Å². The first kappa shape index (κ1) is 22.6. The normalized spacial score (nSPS) is 15.6. The number of carbonyl (C=O) groups excluding carboxylic acids is 1. The molecule has 5 rings (SSSR count). The molecule has 0 radical (unpaired) electrons. The second kappa shape index (κ2) is 9.97. The van der Waals surface area contributed by atoms with Crippen LogP contribution in [0.25, 0.3) is 11.3 Å². The predicted molar refractivity (Wildman–Crippen MR) is 131 cm³/mol. The van der Waals surface area contributed by atoms with Crippen molar-refractivity contribution >= 4 is 5.91 Å². The van der Waals surface area contributed by atoms with E-state index in [1.54, 1.807) is 30.7 Å². The lowest BCUT2D eigenvalue weighted by atomic mass is 9.99. The maximum Gasteiger partial charge on any atom is 0.254 e. The van der Waals surface area contributed by atoms with Crippen LogP contribution in [0.15, 0.2) is 67.4 Å². The predicted octanol–water partition coefficient (Wildman–Crippen LogP) is 5.11. The number of nitrogens with zero attached hydrogens (tertiary/aromatic N) is 6. The van der Waals surface area contributed by atoms with E-state index in [4.69, 9.17) is 14.7 Å². The van der Waals surface area contributed by atoms with E-state index < -0.39 is 0 Å². The van der Waals surface area contributed by atoms with Crippen LogP contribution in [0.3, 0.4) is 0 Å². The van der Waals surface area contributed by atoms with Crippen molar-refractivity contribution in [1.29, 1.82) is 0 Å². The zero-order valence-electron chi connectivity index (χ0n) is 19.8. The van der Waals surface area contributed by atoms with E-state index in [-0.39, 0.29) is 11.9 Å². The molecule has 1 atom stereocenters. The lowest BCUT2D eigenvalue weighted by molar-refractivity contribution is 0.0598. The molecular weight excluding hydrogens is 440 g/mol. The Bertz CT molecular complexity index is 1330. The third-order valence-corrected chi connectivity index (χ3v) is 6.02. The summed E-state index contributed by atoms with van der Waals surface area (Å²) in [6.45, 7) is 4.59. The number of amides is 1. The Balaban J connectivity index is 1.42. The minimum absolute atomic E-state index is 0.0682. The Labute approximate surface area is 204 Å². The maximum absolute atomic E-state index is 13.6. The van der Waals surface area contributed by atoms with Gasteiger partial charge in [-0.05, 0) is 57.4 Å². The molecule has 0 aliphatic carbocycles. The fourth-order valence-corrected chi connectivity index (χ4v) is 4.25. The minimum Gasteiger partial charge on any atom is -0.439 e. The van der Waals surface area contributed by atoms with Crippen LogP contribution in [0, 0.1) is 13.8 Å². The molecule has 1 amide bonds. The van der Waals surface area contributed by atoms with Crippen molar-refractivity contribution in [2.24, 2.45) is 0 Å². The van der Waals surface area contributed by atoms with Crippen LogP contribution in [0.1, 0.15) is 52.7 Å². The fourth-order valence-electron chi connectivity index (χ4n) is 4.25. The number of hydrogen-bond donors (Lipinski definition) is 0. The number of aryl methyl sites for hydroxylation is 2. The van der Waals surface area contributed by atoms with Gasteiger partial charge in [0.15, 0.2) is 5.82 Å². The number of carbonyl (C=O) groups is 1. The number of ether oxygens (including phenoxy) is 1. The third kappa shape index (κ3) is 5.16. The molecule has 0 N–H and O–H groups in total. The van der Waals surface area contributed by atoms with Crippen LogP contribution >= 0.6 is 0 Å². The summed E-state index contributed by atoms with van der Waals surface area (Å²) in [5.41, 5.74) is 3.94.